The maximum Gasteiger partial charge on any atom is 0.335 e. The molecule has 1 fully saturated rings. The minimum atomic E-state index is -0.926. The number of rotatable bonds is 5. The molecule has 0 aromatic heterocycles. The Morgan fingerprint density at radius 2 is 2.25 bits per heavy atom. The molecule has 1 aromatic carbocycles. The van der Waals surface area contributed by atoms with Gasteiger partial charge in [0.05, 0.1) is 16.6 Å². The number of hydrogen-bond acceptors (Lipinski definition) is 2. The summed E-state index contributed by atoms with van der Waals surface area (Å²) in [6.45, 7) is 0.704. The molecule has 1 aliphatic carbocycles. The minimum Gasteiger partial charge on any atom is -0.492 e. The van der Waals surface area contributed by atoms with Gasteiger partial charge >= 0.3 is 5.97 Å². The maximum absolute atomic E-state index is 10.7. The summed E-state index contributed by atoms with van der Waals surface area (Å²) in [6.07, 6.45) is 3.73. The molecule has 0 aliphatic heterocycles. The van der Waals surface area contributed by atoms with E-state index in [0.717, 1.165) is 12.3 Å². The standard InChI is InChI=1S/C12H13BrO3/c13-10-7-9(12(14)15)3-4-11(10)16-6-5-8-1-2-8/h3-4,7-8H,1-2,5-6H2,(H,14,15). The van der Waals surface area contributed by atoms with Crippen molar-refractivity contribution < 1.29 is 14.6 Å². The van der Waals surface area contributed by atoms with E-state index in [9.17, 15) is 4.79 Å². The highest BCUT2D eigenvalue weighted by Gasteiger charge is 2.20. The van der Waals surface area contributed by atoms with Gasteiger partial charge in [0.1, 0.15) is 5.75 Å². The van der Waals surface area contributed by atoms with E-state index >= 15 is 0 Å². The first kappa shape index (κ1) is 11.5. The van der Waals surface area contributed by atoms with Crippen LogP contribution in [0.4, 0.5) is 0 Å². The largest absolute Gasteiger partial charge is 0.492 e. The summed E-state index contributed by atoms with van der Waals surface area (Å²) in [6, 6.07) is 4.81. The third-order valence-electron chi connectivity index (χ3n) is 2.66. The van der Waals surface area contributed by atoms with Gasteiger partial charge in [-0.3, -0.25) is 0 Å². The Labute approximate surface area is 103 Å². The third kappa shape index (κ3) is 2.98. The molecular weight excluding hydrogens is 272 g/mol. The average Bonchev–Trinajstić information content (AvgIpc) is 3.04. The molecule has 2 rings (SSSR count). The lowest BCUT2D eigenvalue weighted by atomic mass is 10.2. The van der Waals surface area contributed by atoms with Crippen molar-refractivity contribution >= 4 is 21.9 Å². The van der Waals surface area contributed by atoms with Crippen molar-refractivity contribution in [2.45, 2.75) is 19.3 Å². The van der Waals surface area contributed by atoms with Crippen molar-refractivity contribution in [2.24, 2.45) is 5.92 Å². The van der Waals surface area contributed by atoms with Gasteiger partial charge in [-0.15, -0.1) is 0 Å². The molecule has 0 bridgehead atoms. The molecule has 1 aromatic rings. The third-order valence-corrected chi connectivity index (χ3v) is 3.28. The highest BCUT2D eigenvalue weighted by Crippen LogP contribution is 2.33. The number of carbonyl (C=O) groups is 1. The normalized spacial score (nSPS) is 14.8. The van der Waals surface area contributed by atoms with Crippen LogP contribution in [-0.2, 0) is 0 Å². The second-order valence-electron chi connectivity index (χ2n) is 4.03. The van der Waals surface area contributed by atoms with Crippen molar-refractivity contribution in [1.29, 1.82) is 0 Å². The number of aromatic carboxylic acids is 1. The first-order chi connectivity index (χ1) is 7.66. The molecule has 86 valence electrons. The van der Waals surface area contributed by atoms with Crippen molar-refractivity contribution in [1.82, 2.24) is 0 Å². The average molecular weight is 285 g/mol. The van der Waals surface area contributed by atoms with Crippen LogP contribution in [0.2, 0.25) is 0 Å². The topological polar surface area (TPSA) is 46.5 Å². The zero-order valence-electron chi connectivity index (χ0n) is 8.78. The first-order valence-corrected chi connectivity index (χ1v) is 6.12. The fourth-order valence-electron chi connectivity index (χ4n) is 1.49. The summed E-state index contributed by atoms with van der Waals surface area (Å²) < 4.78 is 6.28. The quantitative estimate of drug-likeness (QED) is 0.902. The lowest BCUT2D eigenvalue weighted by Gasteiger charge is -2.08. The van der Waals surface area contributed by atoms with E-state index in [1.165, 1.54) is 12.8 Å². The molecule has 0 amide bonds. The minimum absolute atomic E-state index is 0.265. The second kappa shape index (κ2) is 4.87. The number of carboxylic acid groups (broad SMARTS) is 1. The molecule has 1 saturated carbocycles. The van der Waals surface area contributed by atoms with Gasteiger partial charge in [0, 0.05) is 0 Å². The van der Waals surface area contributed by atoms with Gasteiger partial charge in [0.2, 0.25) is 0 Å². The fraction of sp³-hybridized carbons (Fsp3) is 0.417. The highest BCUT2D eigenvalue weighted by molar-refractivity contribution is 9.10. The van der Waals surface area contributed by atoms with E-state index < -0.39 is 5.97 Å². The van der Waals surface area contributed by atoms with Crippen LogP contribution in [0.25, 0.3) is 0 Å². The number of hydrogen-bond donors (Lipinski definition) is 1. The van der Waals surface area contributed by atoms with Gasteiger partial charge < -0.3 is 9.84 Å². The van der Waals surface area contributed by atoms with Crippen LogP contribution < -0.4 is 4.74 Å². The van der Waals surface area contributed by atoms with E-state index in [-0.39, 0.29) is 5.56 Å². The number of benzene rings is 1. The molecule has 0 heterocycles. The molecule has 1 aliphatic rings. The van der Waals surface area contributed by atoms with E-state index in [4.69, 9.17) is 9.84 Å². The summed E-state index contributed by atoms with van der Waals surface area (Å²) in [5.74, 6) is 0.632. The van der Waals surface area contributed by atoms with Crippen LogP contribution >= 0.6 is 15.9 Å². The predicted molar refractivity (Wildman–Crippen MR) is 63.9 cm³/mol. The molecule has 0 saturated heterocycles. The number of carboxylic acids is 1. The van der Waals surface area contributed by atoms with Crippen LogP contribution in [-0.4, -0.2) is 17.7 Å². The first-order valence-electron chi connectivity index (χ1n) is 5.32. The molecule has 3 nitrogen and oxygen atoms in total. The summed E-state index contributed by atoms with van der Waals surface area (Å²) >= 11 is 3.31. The van der Waals surface area contributed by atoms with Gasteiger partial charge in [0.25, 0.3) is 0 Å². The Morgan fingerprint density at radius 1 is 1.50 bits per heavy atom. The fourth-order valence-corrected chi connectivity index (χ4v) is 1.99. The van der Waals surface area contributed by atoms with Crippen molar-refractivity contribution in [3.63, 3.8) is 0 Å². The van der Waals surface area contributed by atoms with Gasteiger partial charge in [-0.25, -0.2) is 4.79 Å². The smallest absolute Gasteiger partial charge is 0.335 e. The Hall–Kier alpha value is -1.03. The molecule has 0 unspecified atom stereocenters. The Kier molecular flexibility index (Phi) is 3.49. The van der Waals surface area contributed by atoms with E-state index in [1.807, 2.05) is 0 Å². The lowest BCUT2D eigenvalue weighted by Crippen LogP contribution is -2.01. The Balaban J connectivity index is 1.95. The summed E-state index contributed by atoms with van der Waals surface area (Å²) in [5.41, 5.74) is 0.265. The van der Waals surface area contributed by atoms with Gasteiger partial charge in [0.15, 0.2) is 0 Å². The zero-order chi connectivity index (χ0) is 11.5. The van der Waals surface area contributed by atoms with Crippen LogP contribution in [0.5, 0.6) is 5.75 Å². The van der Waals surface area contributed by atoms with E-state index in [1.54, 1.807) is 18.2 Å². The number of ether oxygens (including phenoxy) is 1. The SMILES string of the molecule is O=C(O)c1ccc(OCCC2CC2)c(Br)c1. The summed E-state index contributed by atoms with van der Waals surface area (Å²) in [7, 11) is 0. The van der Waals surface area contributed by atoms with Crippen molar-refractivity contribution in [2.75, 3.05) is 6.61 Å². The van der Waals surface area contributed by atoms with E-state index in [0.29, 0.717) is 16.8 Å². The van der Waals surface area contributed by atoms with Crippen LogP contribution in [0, 0.1) is 5.92 Å². The Bertz CT molecular complexity index is 399. The van der Waals surface area contributed by atoms with Crippen LogP contribution in [0.3, 0.4) is 0 Å². The van der Waals surface area contributed by atoms with Gasteiger partial charge in [-0.05, 0) is 46.5 Å². The second-order valence-corrected chi connectivity index (χ2v) is 4.89. The predicted octanol–water partition coefficient (Wildman–Crippen LogP) is 3.33. The van der Waals surface area contributed by atoms with Crippen LogP contribution in [0.15, 0.2) is 22.7 Å². The van der Waals surface area contributed by atoms with Crippen molar-refractivity contribution in [3.8, 4) is 5.75 Å². The zero-order valence-corrected chi connectivity index (χ0v) is 10.4. The maximum atomic E-state index is 10.7. The molecule has 0 radical (unpaired) electrons. The molecule has 0 atom stereocenters. The van der Waals surface area contributed by atoms with E-state index in [2.05, 4.69) is 15.9 Å². The molecule has 16 heavy (non-hydrogen) atoms. The molecule has 0 spiro atoms. The summed E-state index contributed by atoms with van der Waals surface area (Å²) in [4.78, 5) is 10.7. The highest BCUT2D eigenvalue weighted by atomic mass is 79.9. The van der Waals surface area contributed by atoms with Crippen LogP contribution in [0.1, 0.15) is 29.6 Å². The van der Waals surface area contributed by atoms with Gasteiger partial charge in [-0.1, -0.05) is 12.8 Å². The number of halogens is 1. The molecule has 1 N–H and O–H groups in total. The van der Waals surface area contributed by atoms with Crippen molar-refractivity contribution in [3.05, 3.63) is 28.2 Å². The lowest BCUT2D eigenvalue weighted by molar-refractivity contribution is 0.0697. The monoisotopic (exact) mass is 284 g/mol. The molecular formula is C12H13BrO3. The Morgan fingerprint density at radius 3 is 2.81 bits per heavy atom. The van der Waals surface area contributed by atoms with Gasteiger partial charge in [-0.2, -0.15) is 0 Å². The summed E-state index contributed by atoms with van der Waals surface area (Å²) in [5, 5.41) is 8.80. The molecule has 4 heteroatoms.